The molecule has 116 valence electrons. The van der Waals surface area contributed by atoms with E-state index < -0.39 is 11.9 Å². The number of aryl methyl sites for hydroxylation is 1. The van der Waals surface area contributed by atoms with E-state index >= 15 is 0 Å². The monoisotopic (exact) mass is 292 g/mol. The average Bonchev–Trinajstić information content (AvgIpc) is 2.37. The maximum absolute atomic E-state index is 12.1. The molecule has 1 rings (SSSR count). The van der Waals surface area contributed by atoms with Crippen molar-refractivity contribution in [2.75, 3.05) is 6.61 Å². The molecule has 0 aromatic heterocycles. The van der Waals surface area contributed by atoms with E-state index in [0.717, 1.165) is 23.1 Å². The van der Waals surface area contributed by atoms with E-state index in [1.165, 1.54) is 0 Å². The molecule has 0 heterocycles. The molecule has 0 saturated heterocycles. The Bertz CT molecular complexity index is 544. The largest absolute Gasteiger partial charge is 0.478 e. The summed E-state index contributed by atoms with van der Waals surface area (Å²) >= 11 is 0. The summed E-state index contributed by atoms with van der Waals surface area (Å²) in [6.07, 6.45) is 1.39. The highest BCUT2D eigenvalue weighted by atomic mass is 16.5. The summed E-state index contributed by atoms with van der Waals surface area (Å²) in [6, 6.07) is 1.64. The van der Waals surface area contributed by atoms with Crippen molar-refractivity contribution in [3.63, 3.8) is 0 Å². The number of hydrogen-bond acceptors (Lipinski definition) is 3. The highest BCUT2D eigenvalue weighted by Gasteiger charge is 2.25. The van der Waals surface area contributed by atoms with Gasteiger partial charge in [-0.2, -0.15) is 0 Å². The van der Waals surface area contributed by atoms with E-state index in [1.807, 2.05) is 27.7 Å². The second-order valence-electron chi connectivity index (χ2n) is 5.55. The predicted octanol–water partition coefficient (Wildman–Crippen LogP) is 3.63. The summed E-state index contributed by atoms with van der Waals surface area (Å²) in [6.45, 7) is 9.93. The van der Waals surface area contributed by atoms with Crippen molar-refractivity contribution in [3.8, 4) is 0 Å². The lowest BCUT2D eigenvalue weighted by Crippen LogP contribution is -2.18. The van der Waals surface area contributed by atoms with Crippen molar-refractivity contribution in [1.29, 1.82) is 0 Å². The van der Waals surface area contributed by atoms with Crippen LogP contribution in [-0.2, 0) is 17.6 Å². The molecule has 0 aliphatic heterocycles. The van der Waals surface area contributed by atoms with Crippen LogP contribution in [-0.4, -0.2) is 23.7 Å². The first-order chi connectivity index (χ1) is 9.83. The molecule has 0 amide bonds. The third-order valence-electron chi connectivity index (χ3n) is 3.45. The molecule has 21 heavy (non-hydrogen) atoms. The predicted molar refractivity (Wildman–Crippen MR) is 82.0 cm³/mol. The van der Waals surface area contributed by atoms with Crippen LogP contribution in [0.25, 0.3) is 0 Å². The Morgan fingerprint density at radius 1 is 1.24 bits per heavy atom. The Morgan fingerprint density at radius 2 is 1.86 bits per heavy atom. The van der Waals surface area contributed by atoms with Crippen LogP contribution in [0, 0.1) is 12.8 Å². The van der Waals surface area contributed by atoms with Gasteiger partial charge in [-0.05, 0) is 55.4 Å². The number of carbonyl (C=O) groups excluding carboxylic acids is 1. The van der Waals surface area contributed by atoms with Crippen LogP contribution in [0.5, 0.6) is 0 Å². The zero-order valence-electron chi connectivity index (χ0n) is 13.4. The fourth-order valence-corrected chi connectivity index (χ4v) is 2.67. The molecule has 0 aliphatic carbocycles. The zero-order valence-corrected chi connectivity index (χ0v) is 13.4. The van der Waals surface area contributed by atoms with E-state index in [2.05, 4.69) is 0 Å². The summed E-state index contributed by atoms with van der Waals surface area (Å²) in [4.78, 5) is 23.8. The molecule has 0 unspecified atom stereocenters. The standard InChI is InChI=1S/C17H24O4/c1-6-12-11(5)9-14(17(20)21-7-2)15(16(18)19)13(12)8-10(3)4/h9-10H,6-8H2,1-5H3,(H,18,19). The molecule has 1 N–H and O–H groups in total. The molecule has 0 spiro atoms. The number of carbonyl (C=O) groups is 2. The van der Waals surface area contributed by atoms with Crippen LogP contribution in [0.4, 0.5) is 0 Å². The number of carboxylic acid groups (broad SMARTS) is 1. The highest BCUT2D eigenvalue weighted by molar-refractivity contribution is 6.04. The lowest BCUT2D eigenvalue weighted by molar-refractivity contribution is 0.0514. The van der Waals surface area contributed by atoms with Crippen molar-refractivity contribution in [2.45, 2.75) is 47.5 Å². The first-order valence-corrected chi connectivity index (χ1v) is 7.39. The van der Waals surface area contributed by atoms with Crippen LogP contribution in [0.2, 0.25) is 0 Å². The van der Waals surface area contributed by atoms with Crippen molar-refractivity contribution < 1.29 is 19.4 Å². The number of carboxylic acids is 1. The fourth-order valence-electron chi connectivity index (χ4n) is 2.67. The Labute approximate surface area is 126 Å². The van der Waals surface area contributed by atoms with Crippen LogP contribution in [0.3, 0.4) is 0 Å². The van der Waals surface area contributed by atoms with Crippen LogP contribution in [0.1, 0.15) is 65.1 Å². The van der Waals surface area contributed by atoms with Gasteiger partial charge in [0.15, 0.2) is 0 Å². The van der Waals surface area contributed by atoms with Crippen molar-refractivity contribution in [1.82, 2.24) is 0 Å². The fraction of sp³-hybridized carbons (Fsp3) is 0.529. The molecule has 0 bridgehead atoms. The first kappa shape index (κ1) is 17.2. The third kappa shape index (κ3) is 3.84. The number of aromatic carboxylic acids is 1. The summed E-state index contributed by atoms with van der Waals surface area (Å²) in [7, 11) is 0. The smallest absolute Gasteiger partial charge is 0.339 e. The summed E-state index contributed by atoms with van der Waals surface area (Å²) in [5, 5.41) is 9.58. The van der Waals surface area contributed by atoms with E-state index in [0.29, 0.717) is 12.3 Å². The quantitative estimate of drug-likeness (QED) is 0.813. The van der Waals surface area contributed by atoms with Gasteiger partial charge in [-0.1, -0.05) is 20.8 Å². The molecule has 1 aromatic carbocycles. The van der Waals surface area contributed by atoms with Crippen molar-refractivity contribution in [2.24, 2.45) is 5.92 Å². The second-order valence-corrected chi connectivity index (χ2v) is 5.55. The van der Waals surface area contributed by atoms with Gasteiger partial charge in [0, 0.05) is 0 Å². The lowest BCUT2D eigenvalue weighted by Gasteiger charge is -2.19. The summed E-state index contributed by atoms with van der Waals surface area (Å²) in [5.74, 6) is -1.32. The maximum atomic E-state index is 12.1. The molecule has 1 aromatic rings. The number of rotatable bonds is 6. The Kier molecular flexibility index (Phi) is 5.94. The average molecular weight is 292 g/mol. The lowest BCUT2D eigenvalue weighted by atomic mass is 9.86. The van der Waals surface area contributed by atoms with Gasteiger partial charge in [0.05, 0.1) is 17.7 Å². The molecule has 0 radical (unpaired) electrons. The Hall–Kier alpha value is -1.84. The van der Waals surface area contributed by atoms with Gasteiger partial charge >= 0.3 is 11.9 Å². The molecular weight excluding hydrogens is 268 g/mol. The minimum absolute atomic E-state index is 0.101. The number of esters is 1. The van der Waals surface area contributed by atoms with Gasteiger partial charge in [0.1, 0.15) is 0 Å². The maximum Gasteiger partial charge on any atom is 0.339 e. The van der Waals surface area contributed by atoms with E-state index in [4.69, 9.17) is 4.74 Å². The number of hydrogen-bond donors (Lipinski definition) is 1. The third-order valence-corrected chi connectivity index (χ3v) is 3.45. The van der Waals surface area contributed by atoms with Gasteiger partial charge in [-0.15, -0.1) is 0 Å². The Balaban J connectivity index is 3.62. The SMILES string of the molecule is CCOC(=O)c1cc(C)c(CC)c(CC(C)C)c1C(=O)O. The molecule has 0 atom stereocenters. The second kappa shape index (κ2) is 7.25. The summed E-state index contributed by atoms with van der Waals surface area (Å²) in [5.41, 5.74) is 3.00. The normalized spacial score (nSPS) is 10.8. The minimum atomic E-state index is -1.07. The molecular formula is C17H24O4. The van der Waals surface area contributed by atoms with Crippen LogP contribution >= 0.6 is 0 Å². The van der Waals surface area contributed by atoms with E-state index in [1.54, 1.807) is 13.0 Å². The molecule has 0 fully saturated rings. The van der Waals surface area contributed by atoms with Gasteiger partial charge in [-0.3, -0.25) is 0 Å². The van der Waals surface area contributed by atoms with Crippen LogP contribution < -0.4 is 0 Å². The zero-order chi connectivity index (χ0) is 16.2. The van der Waals surface area contributed by atoms with Crippen molar-refractivity contribution >= 4 is 11.9 Å². The van der Waals surface area contributed by atoms with E-state index in [-0.39, 0.29) is 17.7 Å². The van der Waals surface area contributed by atoms with Gasteiger partial charge in [-0.25, -0.2) is 9.59 Å². The van der Waals surface area contributed by atoms with Gasteiger partial charge in [0.2, 0.25) is 0 Å². The van der Waals surface area contributed by atoms with Gasteiger partial charge < -0.3 is 9.84 Å². The van der Waals surface area contributed by atoms with E-state index in [9.17, 15) is 14.7 Å². The van der Waals surface area contributed by atoms with Crippen molar-refractivity contribution in [3.05, 3.63) is 33.9 Å². The number of benzene rings is 1. The highest BCUT2D eigenvalue weighted by Crippen LogP contribution is 2.27. The number of ether oxygens (including phenoxy) is 1. The molecule has 4 nitrogen and oxygen atoms in total. The van der Waals surface area contributed by atoms with Gasteiger partial charge in [0.25, 0.3) is 0 Å². The molecule has 4 heteroatoms. The molecule has 0 saturated carbocycles. The summed E-state index contributed by atoms with van der Waals surface area (Å²) < 4.78 is 5.00. The first-order valence-electron chi connectivity index (χ1n) is 7.39. The molecule has 0 aliphatic rings. The Morgan fingerprint density at radius 3 is 2.29 bits per heavy atom. The topological polar surface area (TPSA) is 63.6 Å². The minimum Gasteiger partial charge on any atom is -0.478 e. The van der Waals surface area contributed by atoms with Crippen LogP contribution in [0.15, 0.2) is 6.07 Å².